The standard InChI is InChI=1S/C10H16N2O2/c1-5-6-14-10(13)9(12-4)7-8(2)11-3/h5,7,11H,1,6H2,2-4H3/b8-7-,12-9?. The fraction of sp³-hybridized carbons (Fsp3) is 0.400. The van der Waals surface area contributed by atoms with Crippen LogP contribution < -0.4 is 5.32 Å². The fourth-order valence-corrected chi connectivity index (χ4v) is 0.701. The first-order valence-electron chi connectivity index (χ1n) is 4.26. The van der Waals surface area contributed by atoms with Crippen LogP contribution in [0.25, 0.3) is 0 Å². The molecule has 0 fully saturated rings. The Bertz CT molecular complexity index is 267. The summed E-state index contributed by atoms with van der Waals surface area (Å²) in [5.74, 6) is -0.443. The highest BCUT2D eigenvalue weighted by atomic mass is 16.5. The number of hydrogen-bond donors (Lipinski definition) is 1. The molecule has 0 aromatic carbocycles. The van der Waals surface area contributed by atoms with E-state index in [-0.39, 0.29) is 6.61 Å². The van der Waals surface area contributed by atoms with Crippen LogP contribution in [0.3, 0.4) is 0 Å². The molecule has 0 saturated heterocycles. The van der Waals surface area contributed by atoms with Gasteiger partial charge in [-0.15, -0.1) is 0 Å². The number of allylic oxidation sites excluding steroid dienone is 1. The van der Waals surface area contributed by atoms with E-state index in [2.05, 4.69) is 16.9 Å². The molecule has 0 unspecified atom stereocenters. The second-order valence-corrected chi connectivity index (χ2v) is 2.57. The molecule has 0 aliphatic rings. The molecule has 0 amide bonds. The van der Waals surface area contributed by atoms with Gasteiger partial charge in [-0.05, 0) is 13.0 Å². The SMILES string of the molecule is C=CCOC(=O)C(/C=C(/C)NC)=NC. The van der Waals surface area contributed by atoms with Gasteiger partial charge >= 0.3 is 5.97 Å². The van der Waals surface area contributed by atoms with Gasteiger partial charge in [-0.1, -0.05) is 12.7 Å². The van der Waals surface area contributed by atoms with Gasteiger partial charge in [0, 0.05) is 19.8 Å². The Hall–Kier alpha value is -1.58. The summed E-state index contributed by atoms with van der Waals surface area (Å²) >= 11 is 0. The monoisotopic (exact) mass is 196 g/mol. The Morgan fingerprint density at radius 2 is 2.29 bits per heavy atom. The number of aliphatic imine (C=N–C) groups is 1. The van der Waals surface area contributed by atoms with Crippen molar-refractivity contribution in [1.29, 1.82) is 0 Å². The first kappa shape index (κ1) is 12.4. The highest BCUT2D eigenvalue weighted by Crippen LogP contribution is 1.92. The van der Waals surface area contributed by atoms with Crippen LogP contribution in [0.2, 0.25) is 0 Å². The van der Waals surface area contributed by atoms with Crippen LogP contribution in [0.5, 0.6) is 0 Å². The summed E-state index contributed by atoms with van der Waals surface area (Å²) in [6.45, 7) is 5.49. The van der Waals surface area contributed by atoms with Crippen molar-refractivity contribution < 1.29 is 9.53 Å². The third-order valence-electron chi connectivity index (χ3n) is 1.53. The Morgan fingerprint density at radius 3 is 2.71 bits per heavy atom. The highest BCUT2D eigenvalue weighted by molar-refractivity contribution is 6.41. The van der Waals surface area contributed by atoms with Gasteiger partial charge in [0.2, 0.25) is 0 Å². The molecule has 0 bridgehead atoms. The largest absolute Gasteiger partial charge is 0.457 e. The molecular formula is C10H16N2O2. The van der Waals surface area contributed by atoms with E-state index in [0.717, 1.165) is 5.70 Å². The molecule has 1 N–H and O–H groups in total. The fourth-order valence-electron chi connectivity index (χ4n) is 0.701. The molecule has 0 heterocycles. The quantitative estimate of drug-likeness (QED) is 0.404. The smallest absolute Gasteiger partial charge is 0.356 e. The van der Waals surface area contributed by atoms with Crippen LogP contribution in [0.15, 0.2) is 29.4 Å². The number of esters is 1. The molecule has 14 heavy (non-hydrogen) atoms. The van der Waals surface area contributed by atoms with Crippen molar-refractivity contribution >= 4 is 11.7 Å². The Labute approximate surface area is 84.4 Å². The molecule has 0 aromatic rings. The molecule has 0 rings (SSSR count). The zero-order chi connectivity index (χ0) is 11.0. The zero-order valence-electron chi connectivity index (χ0n) is 8.83. The van der Waals surface area contributed by atoms with Gasteiger partial charge in [0.15, 0.2) is 0 Å². The molecule has 0 aliphatic heterocycles. The number of nitrogens with one attached hydrogen (secondary N) is 1. The molecule has 0 spiro atoms. The maximum absolute atomic E-state index is 11.3. The van der Waals surface area contributed by atoms with Crippen molar-refractivity contribution in [3.63, 3.8) is 0 Å². The van der Waals surface area contributed by atoms with Crippen LogP contribution in [0.4, 0.5) is 0 Å². The van der Waals surface area contributed by atoms with Gasteiger partial charge in [0.1, 0.15) is 12.3 Å². The van der Waals surface area contributed by atoms with E-state index in [4.69, 9.17) is 4.74 Å². The van der Waals surface area contributed by atoms with Crippen molar-refractivity contribution in [1.82, 2.24) is 5.32 Å². The molecule has 0 atom stereocenters. The average molecular weight is 196 g/mol. The van der Waals surface area contributed by atoms with Crippen molar-refractivity contribution in [2.24, 2.45) is 4.99 Å². The summed E-state index contributed by atoms with van der Waals surface area (Å²) < 4.78 is 4.83. The maximum atomic E-state index is 11.3. The van der Waals surface area contributed by atoms with E-state index in [9.17, 15) is 4.79 Å². The lowest BCUT2D eigenvalue weighted by molar-refractivity contribution is -0.134. The van der Waals surface area contributed by atoms with Gasteiger partial charge in [-0.25, -0.2) is 4.79 Å². The summed E-state index contributed by atoms with van der Waals surface area (Å²) in [4.78, 5) is 15.1. The summed E-state index contributed by atoms with van der Waals surface area (Å²) in [7, 11) is 3.32. The molecule has 0 radical (unpaired) electrons. The molecule has 4 heteroatoms. The van der Waals surface area contributed by atoms with Crippen LogP contribution >= 0.6 is 0 Å². The van der Waals surface area contributed by atoms with E-state index in [1.165, 1.54) is 6.08 Å². The lowest BCUT2D eigenvalue weighted by Crippen LogP contribution is -2.17. The molecule has 0 saturated carbocycles. The number of hydrogen-bond acceptors (Lipinski definition) is 4. The Morgan fingerprint density at radius 1 is 1.64 bits per heavy atom. The van der Waals surface area contributed by atoms with Crippen LogP contribution in [-0.2, 0) is 9.53 Å². The molecular weight excluding hydrogens is 180 g/mol. The minimum absolute atomic E-state index is 0.199. The van der Waals surface area contributed by atoms with Crippen molar-refractivity contribution in [2.45, 2.75) is 6.92 Å². The van der Waals surface area contributed by atoms with Gasteiger partial charge in [-0.3, -0.25) is 4.99 Å². The van der Waals surface area contributed by atoms with Gasteiger partial charge in [0.05, 0.1) is 0 Å². The lowest BCUT2D eigenvalue weighted by atomic mass is 10.3. The second-order valence-electron chi connectivity index (χ2n) is 2.57. The predicted molar refractivity (Wildman–Crippen MR) is 57.3 cm³/mol. The van der Waals surface area contributed by atoms with Crippen molar-refractivity contribution in [3.8, 4) is 0 Å². The number of nitrogens with zero attached hydrogens (tertiary/aromatic N) is 1. The minimum Gasteiger partial charge on any atom is -0.457 e. The molecule has 0 aliphatic carbocycles. The molecule has 78 valence electrons. The van der Waals surface area contributed by atoms with Crippen LogP contribution in [-0.4, -0.2) is 32.4 Å². The normalized spacial score (nSPS) is 12.2. The van der Waals surface area contributed by atoms with E-state index in [1.807, 2.05) is 6.92 Å². The lowest BCUT2D eigenvalue weighted by Gasteiger charge is -2.03. The average Bonchev–Trinajstić information content (AvgIpc) is 2.21. The van der Waals surface area contributed by atoms with Gasteiger partial charge < -0.3 is 10.1 Å². The second kappa shape index (κ2) is 6.88. The van der Waals surface area contributed by atoms with Crippen LogP contribution in [0, 0.1) is 0 Å². The minimum atomic E-state index is -0.443. The third kappa shape index (κ3) is 4.45. The predicted octanol–water partition coefficient (Wildman–Crippen LogP) is 0.910. The Balaban J connectivity index is 4.43. The van der Waals surface area contributed by atoms with Crippen LogP contribution in [0.1, 0.15) is 6.92 Å². The Kier molecular flexibility index (Phi) is 6.11. The highest BCUT2D eigenvalue weighted by Gasteiger charge is 2.08. The zero-order valence-corrected chi connectivity index (χ0v) is 8.83. The molecule has 4 nitrogen and oxygen atoms in total. The van der Waals surface area contributed by atoms with Gasteiger partial charge in [0.25, 0.3) is 0 Å². The summed E-state index contributed by atoms with van der Waals surface area (Å²) in [6.07, 6.45) is 3.14. The maximum Gasteiger partial charge on any atom is 0.356 e. The van der Waals surface area contributed by atoms with E-state index >= 15 is 0 Å². The van der Waals surface area contributed by atoms with Crippen molar-refractivity contribution in [3.05, 3.63) is 24.4 Å². The number of carbonyl (C=O) groups excluding carboxylic acids is 1. The number of carbonyl (C=O) groups is 1. The van der Waals surface area contributed by atoms with Crippen molar-refractivity contribution in [2.75, 3.05) is 20.7 Å². The van der Waals surface area contributed by atoms with E-state index in [0.29, 0.717) is 5.71 Å². The third-order valence-corrected chi connectivity index (χ3v) is 1.53. The first-order valence-corrected chi connectivity index (χ1v) is 4.26. The number of ether oxygens (including phenoxy) is 1. The van der Waals surface area contributed by atoms with Gasteiger partial charge in [-0.2, -0.15) is 0 Å². The summed E-state index contributed by atoms with van der Waals surface area (Å²) in [5, 5.41) is 2.89. The summed E-state index contributed by atoms with van der Waals surface area (Å²) in [5.41, 5.74) is 1.14. The summed E-state index contributed by atoms with van der Waals surface area (Å²) in [6, 6.07) is 0. The topological polar surface area (TPSA) is 50.7 Å². The first-order chi connectivity index (χ1) is 6.65. The van der Waals surface area contributed by atoms with E-state index in [1.54, 1.807) is 20.2 Å². The van der Waals surface area contributed by atoms with E-state index < -0.39 is 5.97 Å². The number of rotatable bonds is 5. The molecule has 0 aromatic heterocycles.